The number of likely N-dealkylation sites (tertiary alicyclic amines) is 1. The maximum absolute atomic E-state index is 15.7. The Balaban J connectivity index is 1.50. The topological polar surface area (TPSA) is 34.3 Å². The van der Waals surface area contributed by atoms with E-state index in [0.717, 1.165) is 47.4 Å². The zero-order chi connectivity index (χ0) is 24.7. The molecule has 0 spiro atoms. The first-order chi connectivity index (χ1) is 16.9. The third kappa shape index (κ3) is 4.31. The molecule has 3 heterocycles. The Labute approximate surface area is 204 Å². The summed E-state index contributed by atoms with van der Waals surface area (Å²) in [6.07, 6.45) is 1.98. The Hall–Kier alpha value is -2.93. The largest absolute Gasteiger partial charge is 0.380 e. The van der Waals surface area contributed by atoms with Crippen molar-refractivity contribution in [3.8, 4) is 0 Å². The molecule has 4 nitrogen and oxygen atoms in total. The van der Waals surface area contributed by atoms with E-state index in [1.165, 1.54) is 12.1 Å². The monoisotopic (exact) mass is 482 g/mol. The van der Waals surface area contributed by atoms with Crippen molar-refractivity contribution < 1.29 is 13.2 Å². The number of nitrogens with one attached hydrogen (secondary N) is 2. The number of anilines is 1. The number of nitrogens with zero attached hydrogens (tertiary/aromatic N) is 2. The fourth-order valence-electron chi connectivity index (χ4n) is 5.71. The minimum absolute atomic E-state index is 0.0426. The van der Waals surface area contributed by atoms with Crippen molar-refractivity contribution in [3.05, 3.63) is 77.1 Å². The smallest absolute Gasteiger partial charge is 0.133 e. The molecule has 35 heavy (non-hydrogen) atoms. The second-order valence-electron chi connectivity index (χ2n) is 9.84. The molecule has 2 aliphatic rings. The third-order valence-corrected chi connectivity index (χ3v) is 7.43. The highest BCUT2D eigenvalue weighted by atomic mass is 19.1. The quantitative estimate of drug-likeness (QED) is 0.403. The van der Waals surface area contributed by atoms with Crippen LogP contribution >= 0.6 is 0 Å². The number of allylic oxidation sites excluding steroid dienone is 1. The average molecular weight is 483 g/mol. The number of H-pyrrole nitrogens is 1. The fourth-order valence-corrected chi connectivity index (χ4v) is 5.71. The first kappa shape index (κ1) is 23.8. The molecule has 0 radical (unpaired) electrons. The summed E-state index contributed by atoms with van der Waals surface area (Å²) in [7, 11) is 0. The van der Waals surface area contributed by atoms with Crippen LogP contribution in [0.2, 0.25) is 0 Å². The summed E-state index contributed by atoms with van der Waals surface area (Å²) in [5.41, 5.74) is 4.25. The number of hydrogen-bond donors (Lipinski definition) is 2. The van der Waals surface area contributed by atoms with Crippen LogP contribution in [0.1, 0.15) is 49.6 Å². The summed E-state index contributed by atoms with van der Waals surface area (Å²) in [5, 5.41) is 4.34. The predicted octanol–water partition coefficient (Wildman–Crippen LogP) is 6.16. The summed E-state index contributed by atoms with van der Waals surface area (Å²) < 4.78 is 43.8. The van der Waals surface area contributed by atoms with Gasteiger partial charge in [-0.3, -0.25) is 9.29 Å². The molecule has 1 aromatic heterocycles. The Morgan fingerprint density at radius 2 is 1.89 bits per heavy atom. The van der Waals surface area contributed by atoms with Gasteiger partial charge in [-0.2, -0.15) is 0 Å². The van der Waals surface area contributed by atoms with Crippen molar-refractivity contribution in [1.82, 2.24) is 14.8 Å². The van der Waals surface area contributed by atoms with Crippen molar-refractivity contribution in [3.63, 3.8) is 0 Å². The van der Waals surface area contributed by atoms with Gasteiger partial charge < -0.3 is 15.2 Å². The molecule has 186 valence electrons. The number of fused-ring (bicyclic) bond motifs is 3. The van der Waals surface area contributed by atoms with Gasteiger partial charge in [0.25, 0.3) is 0 Å². The van der Waals surface area contributed by atoms with E-state index in [-0.39, 0.29) is 24.3 Å². The van der Waals surface area contributed by atoms with E-state index in [2.05, 4.69) is 39.7 Å². The minimum atomic E-state index is -0.623. The van der Waals surface area contributed by atoms with Crippen LogP contribution in [-0.4, -0.2) is 53.2 Å². The highest BCUT2D eigenvalue weighted by molar-refractivity contribution is 5.85. The van der Waals surface area contributed by atoms with Crippen molar-refractivity contribution in [2.24, 2.45) is 0 Å². The Morgan fingerprint density at radius 3 is 2.57 bits per heavy atom. The fraction of sp³-hybridized carbons (Fsp3) is 0.429. The lowest BCUT2D eigenvalue weighted by Gasteiger charge is -2.44. The van der Waals surface area contributed by atoms with Crippen LogP contribution in [0.5, 0.6) is 0 Å². The molecule has 2 N–H and O–H groups in total. The molecule has 3 aromatic rings. The Kier molecular flexibility index (Phi) is 6.53. The predicted molar refractivity (Wildman–Crippen MR) is 135 cm³/mol. The number of para-hydroxylation sites is 1. The summed E-state index contributed by atoms with van der Waals surface area (Å²) in [5.74, 6) is -1.14. The van der Waals surface area contributed by atoms with Gasteiger partial charge in [0.05, 0.1) is 18.3 Å². The Morgan fingerprint density at radius 1 is 1.17 bits per heavy atom. The van der Waals surface area contributed by atoms with Gasteiger partial charge in [0.15, 0.2) is 0 Å². The van der Waals surface area contributed by atoms with Gasteiger partial charge in [0.1, 0.15) is 17.7 Å². The van der Waals surface area contributed by atoms with Crippen molar-refractivity contribution in [2.45, 2.75) is 51.2 Å². The van der Waals surface area contributed by atoms with Gasteiger partial charge in [-0.1, -0.05) is 31.7 Å². The molecule has 2 aromatic carbocycles. The number of aromatic amines is 1. The summed E-state index contributed by atoms with van der Waals surface area (Å²) >= 11 is 0. The molecule has 7 heteroatoms. The van der Waals surface area contributed by atoms with Crippen LogP contribution < -0.4 is 5.32 Å². The molecule has 0 bridgehead atoms. The third-order valence-electron chi connectivity index (χ3n) is 7.43. The van der Waals surface area contributed by atoms with Gasteiger partial charge in [-0.25, -0.2) is 8.78 Å². The van der Waals surface area contributed by atoms with Gasteiger partial charge in [-0.15, -0.1) is 0 Å². The van der Waals surface area contributed by atoms with Gasteiger partial charge in [-0.05, 0) is 49.9 Å². The van der Waals surface area contributed by atoms with Crippen LogP contribution in [0, 0.1) is 11.6 Å². The van der Waals surface area contributed by atoms with E-state index >= 15 is 8.78 Å². The molecule has 0 amide bonds. The van der Waals surface area contributed by atoms with Crippen LogP contribution in [0.15, 0.2) is 48.7 Å². The molecule has 0 unspecified atom stereocenters. The van der Waals surface area contributed by atoms with E-state index in [1.54, 1.807) is 0 Å². The second-order valence-corrected chi connectivity index (χ2v) is 9.84. The number of halogens is 3. The van der Waals surface area contributed by atoms with E-state index in [0.29, 0.717) is 25.1 Å². The molecule has 0 aliphatic carbocycles. The molecule has 2 aliphatic heterocycles. The zero-order valence-corrected chi connectivity index (χ0v) is 20.4. The molecule has 0 saturated carbocycles. The van der Waals surface area contributed by atoms with Crippen LogP contribution in [0.25, 0.3) is 10.9 Å². The molecule has 5 rings (SSSR count). The first-order valence-corrected chi connectivity index (χ1v) is 12.5. The second kappa shape index (κ2) is 9.61. The van der Waals surface area contributed by atoms with Crippen molar-refractivity contribution in [2.75, 3.05) is 31.6 Å². The van der Waals surface area contributed by atoms with E-state index in [1.807, 2.05) is 25.1 Å². The maximum atomic E-state index is 15.7. The number of hydrogen-bond acceptors (Lipinski definition) is 3. The van der Waals surface area contributed by atoms with Crippen molar-refractivity contribution >= 4 is 16.6 Å². The molecular weight excluding hydrogens is 449 g/mol. The Bertz CT molecular complexity index is 1210. The molecule has 1 saturated heterocycles. The van der Waals surface area contributed by atoms with E-state index in [4.69, 9.17) is 0 Å². The SMILES string of the molecule is C=C(CC)N1[C@H](c2c(F)cc(NC3CN(CCCF)C3)cc2F)c2[nH]c3ccccc3c2C[C@H]1C. The highest BCUT2D eigenvalue weighted by Gasteiger charge is 2.39. The average Bonchev–Trinajstić information content (AvgIpc) is 3.17. The lowest BCUT2D eigenvalue weighted by Crippen LogP contribution is -2.54. The lowest BCUT2D eigenvalue weighted by molar-refractivity contribution is 0.155. The van der Waals surface area contributed by atoms with E-state index < -0.39 is 17.7 Å². The standard InChI is InChI=1S/C28H33F3N4/c1-4-17(2)35-18(3)12-22-21-8-5-6-9-25(21)33-27(22)28(35)26-23(30)13-19(14-24(26)31)32-20-15-34(16-20)11-7-10-29/h5-6,8-9,13-14,18,20,28,32-33H,2,4,7,10-12,15-16H2,1,3H3/t18-,28-/m1/s1. The highest BCUT2D eigenvalue weighted by Crippen LogP contribution is 2.44. The lowest BCUT2D eigenvalue weighted by atomic mass is 9.87. The van der Waals surface area contributed by atoms with Crippen LogP contribution in [-0.2, 0) is 6.42 Å². The maximum Gasteiger partial charge on any atom is 0.133 e. The number of aromatic nitrogens is 1. The van der Waals surface area contributed by atoms with Gasteiger partial charge in [0, 0.05) is 53.7 Å². The number of alkyl halides is 1. The van der Waals surface area contributed by atoms with E-state index in [9.17, 15) is 4.39 Å². The summed E-state index contributed by atoms with van der Waals surface area (Å²) in [4.78, 5) is 7.67. The minimum Gasteiger partial charge on any atom is -0.380 e. The zero-order valence-electron chi connectivity index (χ0n) is 20.4. The molecule has 1 fully saturated rings. The summed E-state index contributed by atoms with van der Waals surface area (Å²) in [6.45, 7) is 10.2. The van der Waals surface area contributed by atoms with Gasteiger partial charge >= 0.3 is 0 Å². The van der Waals surface area contributed by atoms with Crippen LogP contribution in [0.4, 0.5) is 18.9 Å². The van der Waals surface area contributed by atoms with Crippen LogP contribution in [0.3, 0.4) is 0 Å². The first-order valence-electron chi connectivity index (χ1n) is 12.5. The van der Waals surface area contributed by atoms with Crippen molar-refractivity contribution in [1.29, 1.82) is 0 Å². The molecule has 2 atom stereocenters. The van der Waals surface area contributed by atoms with Gasteiger partial charge in [0.2, 0.25) is 0 Å². The number of benzene rings is 2. The summed E-state index contributed by atoms with van der Waals surface area (Å²) in [6, 6.07) is 10.3. The number of rotatable bonds is 8. The molecular formula is C28H33F3N4. The normalized spacial score (nSPS) is 20.7.